The van der Waals surface area contributed by atoms with Crippen molar-refractivity contribution in [2.75, 3.05) is 39.4 Å². The van der Waals surface area contributed by atoms with Crippen LogP contribution in [0.15, 0.2) is 59.0 Å². The zero-order valence-corrected chi connectivity index (χ0v) is 20.1. The van der Waals surface area contributed by atoms with Gasteiger partial charge in [-0.2, -0.15) is 11.3 Å². The van der Waals surface area contributed by atoms with Gasteiger partial charge in [0.15, 0.2) is 5.76 Å². The van der Waals surface area contributed by atoms with E-state index in [1.807, 2.05) is 24.0 Å². The van der Waals surface area contributed by atoms with Crippen LogP contribution in [0.25, 0.3) is 0 Å². The summed E-state index contributed by atoms with van der Waals surface area (Å²) in [6.07, 6.45) is 2.95. The third-order valence-electron chi connectivity index (χ3n) is 6.46. The first-order chi connectivity index (χ1) is 16.2. The summed E-state index contributed by atoms with van der Waals surface area (Å²) in [6.45, 7) is 6.54. The van der Waals surface area contributed by atoms with Gasteiger partial charge in [0, 0.05) is 57.8 Å². The van der Waals surface area contributed by atoms with Crippen LogP contribution in [0.3, 0.4) is 0 Å². The van der Waals surface area contributed by atoms with Crippen LogP contribution in [0.1, 0.15) is 36.8 Å². The highest BCUT2D eigenvalue weighted by Gasteiger charge is 2.39. The van der Waals surface area contributed by atoms with Crippen LogP contribution in [0.4, 0.5) is 0 Å². The fourth-order valence-electron chi connectivity index (χ4n) is 4.71. The molecule has 3 heterocycles. The van der Waals surface area contributed by atoms with E-state index in [2.05, 4.69) is 46.0 Å². The van der Waals surface area contributed by atoms with Gasteiger partial charge in [0.2, 0.25) is 6.29 Å². The smallest absolute Gasteiger partial charge is 0.288 e. The zero-order chi connectivity index (χ0) is 23.0. The molecule has 0 radical (unpaired) electrons. The molecule has 2 aliphatic rings. The van der Waals surface area contributed by atoms with Crippen molar-refractivity contribution in [3.63, 3.8) is 0 Å². The van der Waals surface area contributed by atoms with Crippen LogP contribution >= 0.6 is 11.3 Å². The molecular weight excluding hydrogens is 436 g/mol. The topological polar surface area (TPSA) is 62.2 Å². The van der Waals surface area contributed by atoms with Crippen LogP contribution in [0.5, 0.6) is 0 Å². The van der Waals surface area contributed by atoms with E-state index in [0.29, 0.717) is 31.9 Å². The average molecular weight is 471 g/mol. The molecule has 0 saturated carbocycles. The Morgan fingerprint density at radius 3 is 2.64 bits per heavy atom. The second kappa shape index (κ2) is 11.8. The molecule has 178 valence electrons. The summed E-state index contributed by atoms with van der Waals surface area (Å²) in [6, 6.07) is 12.6. The fraction of sp³-hybridized carbons (Fsp3) is 0.500. The lowest BCUT2D eigenvalue weighted by Gasteiger charge is -2.39. The van der Waals surface area contributed by atoms with E-state index < -0.39 is 6.29 Å². The van der Waals surface area contributed by atoms with Gasteiger partial charge in [0.05, 0.1) is 0 Å². The Balaban J connectivity index is 1.45. The van der Waals surface area contributed by atoms with Gasteiger partial charge in [-0.25, -0.2) is 0 Å². The number of ether oxygens (including phenoxy) is 2. The number of thiophene rings is 1. The molecular formula is C26H34N2O4S. The monoisotopic (exact) mass is 470 g/mol. The normalized spacial score (nSPS) is 23.8. The average Bonchev–Trinajstić information content (AvgIpc) is 3.39. The van der Waals surface area contributed by atoms with E-state index in [9.17, 15) is 9.90 Å². The highest BCUT2D eigenvalue weighted by Crippen LogP contribution is 2.40. The van der Waals surface area contributed by atoms with E-state index in [4.69, 9.17) is 9.47 Å². The van der Waals surface area contributed by atoms with E-state index in [0.717, 1.165) is 26.1 Å². The molecule has 2 aliphatic heterocycles. The number of carbonyl (C=O) groups is 1. The standard InChI is InChI=1S/C26H34N2O4S/c1-2-31-26-22(9-6-15-29)23(21-10-16-33-19-21)17-24(32-26)25(30)28-13-11-27(12-14-28)18-20-7-4-3-5-8-20/h3-5,7-8,10,16-17,19,22-23,26,29H,2,6,9,11-15,18H2,1H3/t22-,23-,26-/m1/s1. The molecule has 33 heavy (non-hydrogen) atoms. The van der Waals surface area contributed by atoms with Crippen molar-refractivity contribution in [2.24, 2.45) is 5.92 Å². The van der Waals surface area contributed by atoms with E-state index >= 15 is 0 Å². The third-order valence-corrected chi connectivity index (χ3v) is 7.16. The van der Waals surface area contributed by atoms with Crippen molar-refractivity contribution in [1.82, 2.24) is 9.80 Å². The number of hydrogen-bond donors (Lipinski definition) is 1. The Labute approximate surface area is 200 Å². The quantitative estimate of drug-likeness (QED) is 0.603. The Bertz CT molecular complexity index is 894. The molecule has 0 bridgehead atoms. The molecule has 6 nitrogen and oxygen atoms in total. The third kappa shape index (κ3) is 6.03. The SMILES string of the molecule is CCO[C@@H]1OC(C(=O)N2CCN(Cc3ccccc3)CC2)=C[C@H](c2ccsc2)[C@H]1CCCO. The predicted octanol–water partition coefficient (Wildman–Crippen LogP) is 3.84. The van der Waals surface area contributed by atoms with Crippen LogP contribution in [-0.2, 0) is 20.8 Å². The molecule has 1 aromatic heterocycles. The summed E-state index contributed by atoms with van der Waals surface area (Å²) in [5, 5.41) is 13.6. The Morgan fingerprint density at radius 1 is 1.18 bits per heavy atom. The minimum absolute atomic E-state index is 0.0337. The number of benzene rings is 1. The van der Waals surface area contributed by atoms with Crippen molar-refractivity contribution in [3.05, 3.63) is 70.1 Å². The van der Waals surface area contributed by atoms with E-state index in [-0.39, 0.29) is 24.3 Å². The van der Waals surface area contributed by atoms with Gasteiger partial charge >= 0.3 is 0 Å². The summed E-state index contributed by atoms with van der Waals surface area (Å²) in [4.78, 5) is 17.7. The number of aliphatic hydroxyl groups is 1. The minimum Gasteiger partial charge on any atom is -0.459 e. The van der Waals surface area contributed by atoms with Gasteiger partial charge in [0.25, 0.3) is 5.91 Å². The summed E-state index contributed by atoms with van der Waals surface area (Å²) in [5.74, 6) is 0.429. The number of nitrogens with zero attached hydrogens (tertiary/aromatic N) is 2. The lowest BCUT2D eigenvalue weighted by Crippen LogP contribution is -2.49. The van der Waals surface area contributed by atoms with Gasteiger partial charge in [-0.3, -0.25) is 9.69 Å². The summed E-state index contributed by atoms with van der Waals surface area (Å²) < 4.78 is 12.1. The Hall–Kier alpha value is -2.19. The predicted molar refractivity (Wildman–Crippen MR) is 130 cm³/mol. The number of carbonyl (C=O) groups excluding carboxylic acids is 1. The zero-order valence-electron chi connectivity index (χ0n) is 19.3. The van der Waals surface area contributed by atoms with Gasteiger partial charge in [-0.05, 0) is 53.8 Å². The van der Waals surface area contributed by atoms with Crippen molar-refractivity contribution in [1.29, 1.82) is 0 Å². The minimum atomic E-state index is -0.491. The van der Waals surface area contributed by atoms with Crippen LogP contribution in [-0.4, -0.2) is 66.5 Å². The second-order valence-corrected chi connectivity index (χ2v) is 9.42. The maximum absolute atomic E-state index is 13.4. The Kier molecular flexibility index (Phi) is 8.56. The summed E-state index contributed by atoms with van der Waals surface area (Å²) in [5.41, 5.74) is 2.47. The first kappa shape index (κ1) is 24.0. The first-order valence-corrected chi connectivity index (χ1v) is 12.8. The van der Waals surface area contributed by atoms with E-state index in [1.165, 1.54) is 11.1 Å². The van der Waals surface area contributed by atoms with Crippen molar-refractivity contribution in [2.45, 2.75) is 38.5 Å². The Morgan fingerprint density at radius 2 is 1.97 bits per heavy atom. The highest BCUT2D eigenvalue weighted by atomic mass is 32.1. The van der Waals surface area contributed by atoms with Gasteiger partial charge < -0.3 is 19.5 Å². The number of piperazine rings is 1. The molecule has 0 unspecified atom stereocenters. The molecule has 1 fully saturated rings. The molecule has 1 N–H and O–H groups in total. The number of aliphatic hydroxyl groups excluding tert-OH is 1. The first-order valence-electron chi connectivity index (χ1n) is 11.9. The van der Waals surface area contributed by atoms with Crippen molar-refractivity contribution >= 4 is 17.2 Å². The molecule has 1 saturated heterocycles. The van der Waals surface area contributed by atoms with Crippen LogP contribution < -0.4 is 0 Å². The molecule has 2 aromatic rings. The molecule has 1 amide bonds. The van der Waals surface area contributed by atoms with Crippen LogP contribution in [0, 0.1) is 5.92 Å². The highest BCUT2D eigenvalue weighted by molar-refractivity contribution is 7.08. The molecule has 0 spiro atoms. The maximum atomic E-state index is 13.4. The number of hydrogen-bond acceptors (Lipinski definition) is 6. The number of rotatable bonds is 9. The lowest BCUT2D eigenvalue weighted by atomic mass is 9.81. The molecule has 1 aromatic carbocycles. The molecule has 3 atom stereocenters. The van der Waals surface area contributed by atoms with Crippen LogP contribution in [0.2, 0.25) is 0 Å². The fourth-order valence-corrected chi connectivity index (χ4v) is 5.42. The molecule has 7 heteroatoms. The van der Waals surface area contributed by atoms with Gasteiger partial charge in [0.1, 0.15) is 0 Å². The second-order valence-electron chi connectivity index (χ2n) is 8.64. The summed E-state index contributed by atoms with van der Waals surface area (Å²) >= 11 is 1.65. The molecule has 0 aliphatic carbocycles. The number of allylic oxidation sites excluding steroid dienone is 1. The number of amides is 1. The van der Waals surface area contributed by atoms with Crippen molar-refractivity contribution < 1.29 is 19.4 Å². The largest absolute Gasteiger partial charge is 0.459 e. The maximum Gasteiger partial charge on any atom is 0.288 e. The van der Waals surface area contributed by atoms with Gasteiger partial charge in [-0.1, -0.05) is 30.3 Å². The summed E-state index contributed by atoms with van der Waals surface area (Å²) in [7, 11) is 0. The van der Waals surface area contributed by atoms with Crippen molar-refractivity contribution in [3.8, 4) is 0 Å². The lowest BCUT2D eigenvalue weighted by molar-refractivity contribution is -0.171. The van der Waals surface area contributed by atoms with Gasteiger partial charge in [-0.15, -0.1) is 0 Å². The molecule has 4 rings (SSSR count). The van der Waals surface area contributed by atoms with E-state index in [1.54, 1.807) is 11.3 Å².